The summed E-state index contributed by atoms with van der Waals surface area (Å²) in [6, 6.07) is 3.39. The van der Waals surface area contributed by atoms with E-state index < -0.39 is 5.97 Å². The molecule has 1 aliphatic heterocycles. The topological polar surface area (TPSA) is 81.8 Å². The van der Waals surface area contributed by atoms with Crippen molar-refractivity contribution in [2.24, 2.45) is 11.1 Å². The monoisotopic (exact) mass is 355 g/mol. The molecule has 0 amide bonds. The van der Waals surface area contributed by atoms with Crippen molar-refractivity contribution in [3.8, 4) is 11.5 Å². The minimum Gasteiger partial charge on any atom is -0.489 e. The average molecular weight is 356 g/mol. The van der Waals surface area contributed by atoms with Crippen molar-refractivity contribution in [1.82, 2.24) is 0 Å². The fraction of sp³-hybridized carbons (Fsp3) is 0.533. The van der Waals surface area contributed by atoms with E-state index in [0.717, 1.165) is 28.6 Å². The molecular formula is C15H18BrNO4. The number of aliphatic carboxylic acids is 1. The van der Waals surface area contributed by atoms with Crippen LogP contribution >= 0.6 is 15.9 Å². The van der Waals surface area contributed by atoms with Crippen molar-refractivity contribution >= 4 is 21.9 Å². The van der Waals surface area contributed by atoms with Crippen LogP contribution < -0.4 is 15.2 Å². The zero-order valence-corrected chi connectivity index (χ0v) is 13.2. The van der Waals surface area contributed by atoms with E-state index in [1.54, 1.807) is 0 Å². The normalized spacial score (nSPS) is 19.9. The first-order chi connectivity index (χ1) is 9.99. The molecule has 0 radical (unpaired) electrons. The first kappa shape index (κ1) is 14.7. The van der Waals surface area contributed by atoms with Gasteiger partial charge in [0.1, 0.15) is 0 Å². The maximum atomic E-state index is 10.7. The number of fused-ring (bicyclic) bond motifs is 1. The summed E-state index contributed by atoms with van der Waals surface area (Å²) < 4.78 is 12.6. The third-order valence-corrected chi connectivity index (χ3v) is 4.84. The summed E-state index contributed by atoms with van der Waals surface area (Å²) >= 11 is 3.49. The summed E-state index contributed by atoms with van der Waals surface area (Å²) in [6.07, 6.45) is 2.73. The van der Waals surface area contributed by atoms with E-state index in [0.29, 0.717) is 25.4 Å². The van der Waals surface area contributed by atoms with Crippen molar-refractivity contribution in [2.75, 3.05) is 13.2 Å². The van der Waals surface area contributed by atoms with E-state index in [2.05, 4.69) is 15.9 Å². The number of carboxylic acid groups (broad SMARTS) is 1. The van der Waals surface area contributed by atoms with E-state index in [9.17, 15) is 4.79 Å². The Labute approximate surface area is 131 Å². The van der Waals surface area contributed by atoms with E-state index >= 15 is 0 Å². The lowest BCUT2D eigenvalue weighted by atomic mass is 10.0. The molecule has 1 unspecified atom stereocenters. The number of carboxylic acids is 1. The molecule has 2 aliphatic rings. The Morgan fingerprint density at radius 1 is 1.33 bits per heavy atom. The van der Waals surface area contributed by atoms with Gasteiger partial charge >= 0.3 is 5.97 Å². The van der Waals surface area contributed by atoms with Crippen LogP contribution in [-0.4, -0.2) is 24.3 Å². The molecular weight excluding hydrogens is 338 g/mol. The van der Waals surface area contributed by atoms with Crippen LogP contribution in [0.2, 0.25) is 0 Å². The summed E-state index contributed by atoms with van der Waals surface area (Å²) in [5.41, 5.74) is 7.14. The average Bonchev–Trinajstić information content (AvgIpc) is 3.23. The number of halogens is 1. The Hall–Kier alpha value is -1.27. The number of hydrogen-bond donors (Lipinski definition) is 2. The van der Waals surface area contributed by atoms with Gasteiger partial charge in [0.2, 0.25) is 0 Å². The highest BCUT2D eigenvalue weighted by atomic mass is 79.9. The van der Waals surface area contributed by atoms with Crippen molar-refractivity contribution in [3.63, 3.8) is 0 Å². The molecule has 1 saturated carbocycles. The smallest absolute Gasteiger partial charge is 0.303 e. The second-order valence-corrected chi connectivity index (χ2v) is 6.79. The fourth-order valence-corrected chi connectivity index (χ4v) is 3.08. The molecule has 3 N–H and O–H groups in total. The van der Waals surface area contributed by atoms with Crippen molar-refractivity contribution in [2.45, 2.75) is 31.7 Å². The molecule has 1 aromatic rings. The van der Waals surface area contributed by atoms with Gasteiger partial charge in [-0.25, -0.2) is 0 Å². The van der Waals surface area contributed by atoms with Gasteiger partial charge in [-0.1, -0.05) is 15.9 Å². The highest BCUT2D eigenvalue weighted by Crippen LogP contribution is 2.49. The van der Waals surface area contributed by atoms with Crippen LogP contribution in [0.4, 0.5) is 0 Å². The SMILES string of the molecule is NC(CCC(=O)O)c1cc2c(cc1Br)OCC1(CC1)CO2. The van der Waals surface area contributed by atoms with E-state index in [1.807, 2.05) is 12.1 Å². The van der Waals surface area contributed by atoms with Gasteiger partial charge in [-0.3, -0.25) is 4.79 Å². The Morgan fingerprint density at radius 2 is 1.95 bits per heavy atom. The lowest BCUT2D eigenvalue weighted by Gasteiger charge is -2.16. The molecule has 1 aromatic carbocycles. The summed E-state index contributed by atoms with van der Waals surface area (Å²) in [6.45, 7) is 1.36. The fourth-order valence-electron chi connectivity index (χ4n) is 2.46. The van der Waals surface area contributed by atoms with Crippen LogP contribution in [0.1, 0.15) is 37.3 Å². The van der Waals surface area contributed by atoms with E-state index in [-0.39, 0.29) is 17.9 Å². The maximum absolute atomic E-state index is 10.7. The van der Waals surface area contributed by atoms with Gasteiger partial charge in [-0.15, -0.1) is 0 Å². The van der Waals surface area contributed by atoms with E-state index in [1.165, 1.54) is 0 Å². The van der Waals surface area contributed by atoms with Crippen LogP contribution in [0.3, 0.4) is 0 Å². The Kier molecular flexibility index (Phi) is 3.84. The molecule has 1 atom stereocenters. The predicted octanol–water partition coefficient (Wildman–Crippen LogP) is 2.87. The van der Waals surface area contributed by atoms with Gasteiger partial charge in [0.15, 0.2) is 11.5 Å². The number of carbonyl (C=O) groups is 1. The van der Waals surface area contributed by atoms with Crippen LogP contribution in [0, 0.1) is 5.41 Å². The second-order valence-electron chi connectivity index (χ2n) is 5.94. The lowest BCUT2D eigenvalue weighted by Crippen LogP contribution is -2.17. The third-order valence-electron chi connectivity index (χ3n) is 4.16. The molecule has 1 fully saturated rings. The largest absolute Gasteiger partial charge is 0.489 e. The molecule has 0 bridgehead atoms. The summed E-state index contributed by atoms with van der Waals surface area (Å²) in [7, 11) is 0. The third kappa shape index (κ3) is 3.16. The van der Waals surface area contributed by atoms with Gasteiger partial charge < -0.3 is 20.3 Å². The Morgan fingerprint density at radius 3 is 2.52 bits per heavy atom. The standard InChI is InChI=1S/C15H18BrNO4/c16-10-6-13-12(20-7-15(3-4-15)8-21-13)5-9(10)11(17)1-2-14(18)19/h5-6,11H,1-4,7-8,17H2,(H,18,19). The molecule has 1 aliphatic carbocycles. The Bertz CT molecular complexity index is 571. The second kappa shape index (κ2) is 5.50. The quantitative estimate of drug-likeness (QED) is 0.867. The number of ether oxygens (including phenoxy) is 2. The minimum atomic E-state index is -0.841. The van der Waals surface area contributed by atoms with Crippen LogP contribution in [-0.2, 0) is 4.79 Å². The number of hydrogen-bond acceptors (Lipinski definition) is 4. The minimum absolute atomic E-state index is 0.0468. The maximum Gasteiger partial charge on any atom is 0.303 e. The van der Waals surface area contributed by atoms with Gasteiger partial charge in [0.05, 0.1) is 13.2 Å². The van der Waals surface area contributed by atoms with Gasteiger partial charge in [0.25, 0.3) is 0 Å². The van der Waals surface area contributed by atoms with Crippen molar-refractivity contribution < 1.29 is 19.4 Å². The summed E-state index contributed by atoms with van der Waals surface area (Å²) in [4.78, 5) is 10.7. The van der Waals surface area contributed by atoms with Crippen LogP contribution in [0.15, 0.2) is 16.6 Å². The molecule has 5 nitrogen and oxygen atoms in total. The van der Waals surface area contributed by atoms with Crippen LogP contribution in [0.5, 0.6) is 11.5 Å². The first-order valence-corrected chi connectivity index (χ1v) is 7.85. The molecule has 114 valence electrons. The zero-order valence-electron chi connectivity index (χ0n) is 11.6. The first-order valence-electron chi connectivity index (χ1n) is 7.06. The number of rotatable bonds is 4. The van der Waals surface area contributed by atoms with Crippen LogP contribution in [0.25, 0.3) is 0 Å². The highest BCUT2D eigenvalue weighted by Gasteiger charge is 2.46. The lowest BCUT2D eigenvalue weighted by molar-refractivity contribution is -0.137. The summed E-state index contributed by atoms with van der Waals surface area (Å²) in [5.74, 6) is 0.578. The summed E-state index contributed by atoms with van der Waals surface area (Å²) in [5, 5.41) is 8.76. The molecule has 6 heteroatoms. The van der Waals surface area contributed by atoms with Gasteiger partial charge in [0, 0.05) is 22.4 Å². The van der Waals surface area contributed by atoms with Crippen molar-refractivity contribution in [1.29, 1.82) is 0 Å². The number of benzene rings is 1. The van der Waals surface area contributed by atoms with Gasteiger partial charge in [-0.05, 0) is 37.0 Å². The zero-order chi connectivity index (χ0) is 15.0. The molecule has 0 saturated heterocycles. The molecule has 21 heavy (non-hydrogen) atoms. The highest BCUT2D eigenvalue weighted by molar-refractivity contribution is 9.10. The number of nitrogens with two attached hydrogens (primary N) is 1. The van der Waals surface area contributed by atoms with E-state index in [4.69, 9.17) is 20.3 Å². The van der Waals surface area contributed by atoms with Crippen molar-refractivity contribution in [3.05, 3.63) is 22.2 Å². The Balaban J connectivity index is 1.80. The molecule has 1 heterocycles. The predicted molar refractivity (Wildman–Crippen MR) is 80.6 cm³/mol. The molecule has 0 aromatic heterocycles. The van der Waals surface area contributed by atoms with Gasteiger partial charge in [-0.2, -0.15) is 0 Å². The molecule has 1 spiro atoms. The molecule has 3 rings (SSSR count).